The summed E-state index contributed by atoms with van der Waals surface area (Å²) in [5.74, 6) is -0.840. The fourth-order valence-corrected chi connectivity index (χ4v) is 3.16. The first-order valence-electron chi connectivity index (χ1n) is 6.71. The summed E-state index contributed by atoms with van der Waals surface area (Å²) in [4.78, 5) is 26.0. The summed E-state index contributed by atoms with van der Waals surface area (Å²) in [6, 6.07) is 1.95. The van der Waals surface area contributed by atoms with Gasteiger partial charge >= 0.3 is 12.0 Å². The molecule has 1 aromatic heterocycles. The fourth-order valence-electron chi connectivity index (χ4n) is 2.27. The lowest BCUT2D eigenvalue weighted by atomic mass is 9.98. The second-order valence-electron chi connectivity index (χ2n) is 5.75. The Morgan fingerprint density at radius 2 is 2.25 bits per heavy atom. The summed E-state index contributed by atoms with van der Waals surface area (Å²) in [7, 11) is 0. The number of aliphatic carboxylic acids is 1. The summed E-state index contributed by atoms with van der Waals surface area (Å²) in [5.41, 5.74) is 0.712. The molecule has 0 unspecified atom stereocenters. The number of fused-ring (bicyclic) bond motifs is 1. The van der Waals surface area contributed by atoms with Crippen molar-refractivity contribution in [2.24, 2.45) is 0 Å². The van der Waals surface area contributed by atoms with E-state index in [9.17, 15) is 9.59 Å². The summed E-state index contributed by atoms with van der Waals surface area (Å²) < 4.78 is 0. The molecule has 0 spiro atoms. The van der Waals surface area contributed by atoms with Crippen molar-refractivity contribution in [2.45, 2.75) is 45.2 Å². The van der Waals surface area contributed by atoms with E-state index in [1.54, 1.807) is 16.2 Å². The summed E-state index contributed by atoms with van der Waals surface area (Å²) in [6.07, 6.45) is 1.38. The second-order valence-corrected chi connectivity index (χ2v) is 6.75. The van der Waals surface area contributed by atoms with Crippen LogP contribution in [0.1, 0.15) is 37.1 Å². The number of hydrogen-bond acceptors (Lipinski definition) is 3. The number of nitrogens with zero attached hydrogens (tertiary/aromatic N) is 1. The van der Waals surface area contributed by atoms with Crippen LogP contribution in [0.15, 0.2) is 11.4 Å². The van der Waals surface area contributed by atoms with Gasteiger partial charge < -0.3 is 15.3 Å². The molecule has 2 rings (SSSR count). The minimum absolute atomic E-state index is 0.0575. The molecule has 110 valence electrons. The highest BCUT2D eigenvalue weighted by atomic mass is 32.1. The van der Waals surface area contributed by atoms with Crippen LogP contribution in [0, 0.1) is 0 Å². The van der Waals surface area contributed by atoms with Crippen molar-refractivity contribution in [1.29, 1.82) is 0 Å². The number of amides is 2. The largest absolute Gasteiger partial charge is 0.481 e. The van der Waals surface area contributed by atoms with Crippen LogP contribution in [-0.2, 0) is 17.8 Å². The first-order valence-corrected chi connectivity index (χ1v) is 7.59. The Bertz CT molecular complexity index is 510. The average molecular weight is 296 g/mol. The topological polar surface area (TPSA) is 69.6 Å². The van der Waals surface area contributed by atoms with Gasteiger partial charge in [-0.3, -0.25) is 4.79 Å². The van der Waals surface area contributed by atoms with Crippen molar-refractivity contribution in [3.63, 3.8) is 0 Å². The number of carboxylic acids is 1. The van der Waals surface area contributed by atoms with E-state index in [0.717, 1.165) is 6.42 Å². The third-order valence-electron chi connectivity index (χ3n) is 3.50. The van der Waals surface area contributed by atoms with E-state index >= 15 is 0 Å². The SMILES string of the molecule is CC(C)(CCC(=O)O)NC(=O)N1CCc2sccc2C1. The molecule has 2 heterocycles. The molecule has 20 heavy (non-hydrogen) atoms. The number of rotatable bonds is 4. The summed E-state index contributed by atoms with van der Waals surface area (Å²) in [5, 5.41) is 13.7. The number of nitrogens with one attached hydrogen (secondary N) is 1. The van der Waals surface area contributed by atoms with Gasteiger partial charge in [-0.2, -0.15) is 0 Å². The number of urea groups is 1. The lowest BCUT2D eigenvalue weighted by Crippen LogP contribution is -2.51. The highest BCUT2D eigenvalue weighted by molar-refractivity contribution is 7.10. The Kier molecular flexibility index (Phi) is 4.32. The number of thiophene rings is 1. The zero-order chi connectivity index (χ0) is 14.8. The van der Waals surface area contributed by atoms with Gasteiger partial charge in [0.15, 0.2) is 0 Å². The number of carbonyl (C=O) groups excluding carboxylic acids is 1. The molecule has 0 atom stereocenters. The van der Waals surface area contributed by atoms with Gasteiger partial charge in [0.2, 0.25) is 0 Å². The van der Waals surface area contributed by atoms with Gasteiger partial charge in [0.05, 0.1) is 0 Å². The molecule has 2 N–H and O–H groups in total. The Morgan fingerprint density at radius 3 is 2.95 bits per heavy atom. The predicted molar refractivity (Wildman–Crippen MR) is 77.9 cm³/mol. The van der Waals surface area contributed by atoms with Crippen molar-refractivity contribution in [3.05, 3.63) is 21.9 Å². The Morgan fingerprint density at radius 1 is 1.50 bits per heavy atom. The molecule has 1 aliphatic rings. The molecule has 1 aromatic rings. The van der Waals surface area contributed by atoms with Gasteiger partial charge in [-0.15, -0.1) is 11.3 Å². The molecule has 0 saturated carbocycles. The molecule has 6 heteroatoms. The van der Waals surface area contributed by atoms with Gasteiger partial charge in [0.25, 0.3) is 0 Å². The molecular weight excluding hydrogens is 276 g/mol. The maximum Gasteiger partial charge on any atom is 0.318 e. The standard InChI is InChI=1S/C14H20N2O3S/c1-14(2,6-3-12(17)18)15-13(19)16-7-4-11-10(9-16)5-8-20-11/h5,8H,3-4,6-7,9H2,1-2H3,(H,15,19)(H,17,18). The van der Waals surface area contributed by atoms with Gasteiger partial charge in [-0.25, -0.2) is 4.79 Å². The molecule has 0 aliphatic carbocycles. The number of carboxylic acid groups (broad SMARTS) is 1. The maximum absolute atomic E-state index is 12.3. The molecule has 0 bridgehead atoms. The Hall–Kier alpha value is -1.56. The average Bonchev–Trinajstić information content (AvgIpc) is 2.83. The highest BCUT2D eigenvalue weighted by Gasteiger charge is 2.27. The van der Waals surface area contributed by atoms with E-state index in [1.165, 1.54) is 10.4 Å². The monoisotopic (exact) mass is 296 g/mol. The van der Waals surface area contributed by atoms with E-state index < -0.39 is 11.5 Å². The van der Waals surface area contributed by atoms with Gasteiger partial charge in [-0.05, 0) is 43.7 Å². The molecule has 5 nitrogen and oxygen atoms in total. The molecule has 0 fully saturated rings. The second kappa shape index (κ2) is 5.83. The zero-order valence-electron chi connectivity index (χ0n) is 11.8. The van der Waals surface area contributed by atoms with Crippen LogP contribution in [0.4, 0.5) is 4.79 Å². The van der Waals surface area contributed by atoms with Crippen molar-refractivity contribution in [1.82, 2.24) is 10.2 Å². The van der Waals surface area contributed by atoms with Gasteiger partial charge in [0.1, 0.15) is 0 Å². The third-order valence-corrected chi connectivity index (χ3v) is 4.53. The van der Waals surface area contributed by atoms with E-state index in [2.05, 4.69) is 16.8 Å². The molecule has 2 amide bonds. The van der Waals surface area contributed by atoms with Crippen LogP contribution < -0.4 is 5.32 Å². The summed E-state index contributed by atoms with van der Waals surface area (Å²) >= 11 is 1.74. The number of carbonyl (C=O) groups is 2. The molecule has 0 aromatic carbocycles. The number of hydrogen-bond donors (Lipinski definition) is 2. The van der Waals surface area contributed by atoms with Crippen LogP contribution in [0.25, 0.3) is 0 Å². The van der Waals surface area contributed by atoms with Crippen molar-refractivity contribution < 1.29 is 14.7 Å². The Labute approximate surface area is 122 Å². The van der Waals surface area contributed by atoms with Crippen LogP contribution >= 0.6 is 11.3 Å². The van der Waals surface area contributed by atoms with Crippen molar-refractivity contribution >= 4 is 23.3 Å². The van der Waals surface area contributed by atoms with Gasteiger partial charge in [-0.1, -0.05) is 0 Å². The fraction of sp³-hybridized carbons (Fsp3) is 0.571. The molecule has 0 radical (unpaired) electrons. The molecule has 1 aliphatic heterocycles. The molecule has 0 saturated heterocycles. The predicted octanol–water partition coefficient (Wildman–Crippen LogP) is 2.46. The molecular formula is C14H20N2O3S. The maximum atomic E-state index is 12.3. The Balaban J connectivity index is 1.90. The lowest BCUT2D eigenvalue weighted by molar-refractivity contribution is -0.137. The van der Waals surface area contributed by atoms with Gasteiger partial charge in [0, 0.05) is 29.9 Å². The highest BCUT2D eigenvalue weighted by Crippen LogP contribution is 2.24. The van der Waals surface area contributed by atoms with E-state index in [-0.39, 0.29) is 12.5 Å². The lowest BCUT2D eigenvalue weighted by Gasteiger charge is -2.32. The van der Waals surface area contributed by atoms with Crippen LogP contribution in [0.2, 0.25) is 0 Å². The normalized spacial score (nSPS) is 14.8. The first-order chi connectivity index (χ1) is 9.37. The van der Waals surface area contributed by atoms with E-state index in [4.69, 9.17) is 5.11 Å². The van der Waals surface area contributed by atoms with Crippen LogP contribution in [0.5, 0.6) is 0 Å². The summed E-state index contributed by atoms with van der Waals surface area (Å²) in [6.45, 7) is 5.07. The van der Waals surface area contributed by atoms with Crippen molar-refractivity contribution in [2.75, 3.05) is 6.54 Å². The van der Waals surface area contributed by atoms with E-state index in [0.29, 0.717) is 19.5 Å². The van der Waals surface area contributed by atoms with Crippen molar-refractivity contribution in [3.8, 4) is 0 Å². The smallest absolute Gasteiger partial charge is 0.318 e. The quantitative estimate of drug-likeness (QED) is 0.896. The van der Waals surface area contributed by atoms with E-state index in [1.807, 2.05) is 13.8 Å². The minimum Gasteiger partial charge on any atom is -0.481 e. The van der Waals surface area contributed by atoms with Crippen LogP contribution in [0.3, 0.4) is 0 Å². The zero-order valence-corrected chi connectivity index (χ0v) is 12.6. The van der Waals surface area contributed by atoms with Crippen LogP contribution in [-0.4, -0.2) is 34.1 Å². The first kappa shape index (κ1) is 14.8. The third kappa shape index (κ3) is 3.72. The minimum atomic E-state index is -0.840.